The van der Waals surface area contributed by atoms with Gasteiger partial charge in [-0.05, 0) is 18.2 Å². The lowest BCUT2D eigenvalue weighted by atomic mass is 10.4. The van der Waals surface area contributed by atoms with E-state index in [-0.39, 0.29) is 11.3 Å². The highest BCUT2D eigenvalue weighted by Gasteiger charge is 2.16. The molecule has 0 saturated heterocycles. The zero-order valence-corrected chi connectivity index (χ0v) is 9.60. The Kier molecular flexibility index (Phi) is 3.71. The van der Waals surface area contributed by atoms with Crippen molar-refractivity contribution in [2.24, 2.45) is 0 Å². The van der Waals surface area contributed by atoms with Crippen molar-refractivity contribution >= 4 is 27.5 Å². The first-order valence-electron chi connectivity index (χ1n) is 4.27. The third-order valence-electron chi connectivity index (χ3n) is 1.68. The first kappa shape index (κ1) is 12.0. The van der Waals surface area contributed by atoms with E-state index in [1.807, 2.05) is 4.72 Å². The fourth-order valence-electron chi connectivity index (χ4n) is 0.915. The molecule has 0 aliphatic rings. The molecule has 1 N–H and O–H groups in total. The molecule has 0 saturated carbocycles. The van der Waals surface area contributed by atoms with Gasteiger partial charge < -0.3 is 0 Å². The van der Waals surface area contributed by atoms with Crippen molar-refractivity contribution < 1.29 is 13.2 Å². The van der Waals surface area contributed by atoms with Gasteiger partial charge in [0.25, 0.3) is 10.0 Å². The minimum atomic E-state index is -3.78. The Morgan fingerprint density at radius 2 is 2.13 bits per heavy atom. The Morgan fingerprint density at radius 1 is 1.47 bits per heavy atom. The molecule has 82 valence electrons. The minimum absolute atomic E-state index is 0.0169. The van der Waals surface area contributed by atoms with E-state index in [4.69, 9.17) is 11.6 Å². The molecule has 0 atom stereocenters. The quantitative estimate of drug-likeness (QED) is 0.882. The van der Waals surface area contributed by atoms with Gasteiger partial charge in [-0.15, -0.1) is 0 Å². The second kappa shape index (κ2) is 4.63. The standard InChI is InChI=1S/C9H10ClNO3S/c1-2-9(12)11-15(13,14)8-5-3-4-7(10)6-8/h3-6H,2H2,1H3,(H,11,12). The summed E-state index contributed by atoms with van der Waals surface area (Å²) in [6.07, 6.45) is 0.111. The third-order valence-corrected chi connectivity index (χ3v) is 3.28. The third kappa shape index (κ3) is 3.21. The van der Waals surface area contributed by atoms with Gasteiger partial charge in [-0.2, -0.15) is 0 Å². The molecule has 0 fully saturated rings. The van der Waals surface area contributed by atoms with E-state index in [1.165, 1.54) is 18.2 Å². The highest BCUT2D eigenvalue weighted by Crippen LogP contribution is 2.15. The zero-order valence-electron chi connectivity index (χ0n) is 8.03. The number of halogens is 1. The van der Waals surface area contributed by atoms with Gasteiger partial charge in [-0.3, -0.25) is 4.79 Å². The molecule has 15 heavy (non-hydrogen) atoms. The topological polar surface area (TPSA) is 63.2 Å². The summed E-state index contributed by atoms with van der Waals surface area (Å²) in [7, 11) is -3.78. The molecule has 0 aromatic heterocycles. The Labute approximate surface area is 93.3 Å². The van der Waals surface area contributed by atoms with E-state index in [1.54, 1.807) is 13.0 Å². The molecule has 6 heteroatoms. The van der Waals surface area contributed by atoms with Crippen LogP contribution < -0.4 is 4.72 Å². The SMILES string of the molecule is CCC(=O)NS(=O)(=O)c1cccc(Cl)c1. The molecular weight excluding hydrogens is 238 g/mol. The Morgan fingerprint density at radius 3 is 2.67 bits per heavy atom. The first-order chi connectivity index (χ1) is 6.95. The minimum Gasteiger partial charge on any atom is -0.274 e. The van der Waals surface area contributed by atoms with Gasteiger partial charge in [0, 0.05) is 11.4 Å². The number of rotatable bonds is 3. The summed E-state index contributed by atoms with van der Waals surface area (Å²) >= 11 is 5.64. The summed E-state index contributed by atoms with van der Waals surface area (Å²) in [6, 6.07) is 5.72. The van der Waals surface area contributed by atoms with Gasteiger partial charge in [0.1, 0.15) is 0 Å². The van der Waals surface area contributed by atoms with E-state index in [0.29, 0.717) is 5.02 Å². The second-order valence-corrected chi connectivity index (χ2v) is 4.96. The summed E-state index contributed by atoms with van der Waals surface area (Å²) < 4.78 is 25.1. The number of nitrogens with one attached hydrogen (secondary N) is 1. The van der Waals surface area contributed by atoms with Crippen LogP contribution in [-0.2, 0) is 14.8 Å². The fourth-order valence-corrected chi connectivity index (χ4v) is 2.27. The molecule has 1 aromatic carbocycles. The molecule has 0 bridgehead atoms. The molecular formula is C9H10ClNO3S. The summed E-state index contributed by atoms with van der Waals surface area (Å²) in [5.41, 5.74) is 0. The lowest BCUT2D eigenvalue weighted by molar-refractivity contribution is -0.119. The largest absolute Gasteiger partial charge is 0.274 e. The summed E-state index contributed by atoms with van der Waals surface area (Å²) in [5.74, 6) is -0.546. The van der Waals surface area contributed by atoms with Gasteiger partial charge in [0.05, 0.1) is 4.90 Å². The van der Waals surface area contributed by atoms with Crippen LogP contribution in [0.5, 0.6) is 0 Å². The van der Waals surface area contributed by atoms with Crippen LogP contribution in [0.2, 0.25) is 5.02 Å². The number of hydrogen-bond donors (Lipinski definition) is 1. The van der Waals surface area contributed by atoms with Crippen LogP contribution in [0.25, 0.3) is 0 Å². The lowest BCUT2D eigenvalue weighted by Gasteiger charge is -2.05. The molecule has 0 spiro atoms. The number of carbonyl (C=O) groups is 1. The fraction of sp³-hybridized carbons (Fsp3) is 0.222. The molecule has 0 unspecified atom stereocenters. The van der Waals surface area contributed by atoms with Crippen molar-refractivity contribution in [3.63, 3.8) is 0 Å². The molecule has 0 aliphatic heterocycles. The molecule has 0 heterocycles. The Balaban J connectivity index is 3.01. The Bertz CT molecular complexity index is 470. The molecule has 4 nitrogen and oxygen atoms in total. The number of amides is 1. The van der Waals surface area contributed by atoms with Crippen molar-refractivity contribution in [1.29, 1.82) is 0 Å². The summed E-state index contributed by atoms with van der Waals surface area (Å²) in [5, 5.41) is 0.307. The van der Waals surface area contributed by atoms with Crippen LogP contribution in [0.3, 0.4) is 0 Å². The predicted octanol–water partition coefficient (Wildman–Crippen LogP) is 1.55. The van der Waals surface area contributed by atoms with Crippen LogP contribution in [0, 0.1) is 0 Å². The first-order valence-corrected chi connectivity index (χ1v) is 6.13. The summed E-state index contributed by atoms with van der Waals surface area (Å²) in [4.78, 5) is 10.9. The maximum absolute atomic E-state index is 11.6. The summed E-state index contributed by atoms with van der Waals surface area (Å²) in [6.45, 7) is 1.57. The molecule has 0 radical (unpaired) electrons. The monoisotopic (exact) mass is 247 g/mol. The molecule has 1 amide bonds. The van der Waals surface area contributed by atoms with Gasteiger partial charge in [0.15, 0.2) is 0 Å². The molecule has 0 aliphatic carbocycles. The van der Waals surface area contributed by atoms with Gasteiger partial charge in [0.2, 0.25) is 5.91 Å². The van der Waals surface area contributed by atoms with E-state index in [0.717, 1.165) is 0 Å². The van der Waals surface area contributed by atoms with E-state index in [2.05, 4.69) is 0 Å². The van der Waals surface area contributed by atoms with Crippen LogP contribution in [0.1, 0.15) is 13.3 Å². The highest BCUT2D eigenvalue weighted by molar-refractivity contribution is 7.90. The molecule has 1 rings (SSSR count). The predicted molar refractivity (Wildman–Crippen MR) is 57.1 cm³/mol. The average molecular weight is 248 g/mol. The number of hydrogen-bond acceptors (Lipinski definition) is 3. The van der Waals surface area contributed by atoms with Crippen LogP contribution in [-0.4, -0.2) is 14.3 Å². The van der Waals surface area contributed by atoms with Crippen LogP contribution >= 0.6 is 11.6 Å². The van der Waals surface area contributed by atoms with Crippen molar-refractivity contribution in [1.82, 2.24) is 4.72 Å². The normalized spacial score (nSPS) is 11.1. The number of carbonyl (C=O) groups excluding carboxylic acids is 1. The van der Waals surface area contributed by atoms with Crippen molar-refractivity contribution in [3.05, 3.63) is 29.3 Å². The maximum Gasteiger partial charge on any atom is 0.264 e. The molecule has 1 aromatic rings. The van der Waals surface area contributed by atoms with E-state index < -0.39 is 15.9 Å². The Hall–Kier alpha value is -1.07. The van der Waals surface area contributed by atoms with Crippen LogP contribution in [0.4, 0.5) is 0 Å². The highest BCUT2D eigenvalue weighted by atomic mass is 35.5. The van der Waals surface area contributed by atoms with Crippen molar-refractivity contribution in [2.75, 3.05) is 0 Å². The van der Waals surface area contributed by atoms with E-state index in [9.17, 15) is 13.2 Å². The van der Waals surface area contributed by atoms with Gasteiger partial charge in [-0.1, -0.05) is 24.6 Å². The van der Waals surface area contributed by atoms with Crippen molar-refractivity contribution in [2.45, 2.75) is 18.2 Å². The lowest BCUT2D eigenvalue weighted by Crippen LogP contribution is -2.29. The van der Waals surface area contributed by atoms with Crippen LogP contribution in [0.15, 0.2) is 29.2 Å². The maximum atomic E-state index is 11.6. The van der Waals surface area contributed by atoms with E-state index >= 15 is 0 Å². The number of sulfonamides is 1. The smallest absolute Gasteiger partial charge is 0.264 e. The van der Waals surface area contributed by atoms with Crippen molar-refractivity contribution in [3.8, 4) is 0 Å². The average Bonchev–Trinajstić information content (AvgIpc) is 2.17. The zero-order chi connectivity index (χ0) is 11.5. The van der Waals surface area contributed by atoms with Gasteiger partial charge >= 0.3 is 0 Å². The second-order valence-electron chi connectivity index (χ2n) is 2.84. The van der Waals surface area contributed by atoms with Gasteiger partial charge in [-0.25, -0.2) is 13.1 Å². The number of benzene rings is 1.